The summed E-state index contributed by atoms with van der Waals surface area (Å²) < 4.78 is 35.3. The fourth-order valence-electron chi connectivity index (χ4n) is 3.25. The second-order valence-corrected chi connectivity index (χ2v) is 7.94. The van der Waals surface area contributed by atoms with E-state index in [0.717, 1.165) is 13.1 Å². The van der Waals surface area contributed by atoms with Gasteiger partial charge in [-0.25, -0.2) is 13.1 Å². The number of nitrogens with one attached hydrogen (secondary N) is 1. The molecule has 0 amide bonds. The van der Waals surface area contributed by atoms with Crippen molar-refractivity contribution in [2.45, 2.75) is 49.8 Å². The van der Waals surface area contributed by atoms with Crippen LogP contribution in [0, 0.1) is 0 Å². The van der Waals surface area contributed by atoms with E-state index in [-0.39, 0.29) is 23.2 Å². The largest absolute Gasteiger partial charge is 0.378 e. The van der Waals surface area contributed by atoms with Gasteiger partial charge in [-0.2, -0.15) is 5.10 Å². The van der Waals surface area contributed by atoms with Gasteiger partial charge in [-0.05, 0) is 45.8 Å². The average Bonchev–Trinajstić information content (AvgIpc) is 3.19. The van der Waals surface area contributed by atoms with E-state index in [1.54, 1.807) is 6.07 Å². The van der Waals surface area contributed by atoms with Crippen molar-refractivity contribution < 1.29 is 13.2 Å². The maximum atomic E-state index is 12.7. The molecule has 1 N–H and O–H groups in total. The first-order valence-electron chi connectivity index (χ1n) is 7.86. The Balaban J connectivity index is 1.77. The summed E-state index contributed by atoms with van der Waals surface area (Å²) in [4.78, 5) is 2.33. The molecule has 2 atom stereocenters. The Hall–Kier alpha value is -0.960. The van der Waals surface area contributed by atoms with Crippen LogP contribution < -0.4 is 4.72 Å². The number of likely N-dealkylation sites (tertiary alicyclic amines) is 1. The third-order valence-corrected chi connectivity index (χ3v) is 5.85. The number of hydrogen-bond donors (Lipinski definition) is 1. The second kappa shape index (κ2) is 6.27. The van der Waals surface area contributed by atoms with Crippen LogP contribution in [0.3, 0.4) is 0 Å². The lowest BCUT2D eigenvalue weighted by Gasteiger charge is -2.27. The summed E-state index contributed by atoms with van der Waals surface area (Å²) in [6.07, 6.45) is 3.88. The standard InChI is InChI=1S/C14H24N4O3S/c1-11(2)18-14(5-6-15-18)22(19,20)16-12-9-21-10-13(12)17-7-3-4-8-17/h5-6,11-13,16H,3-4,7-10H2,1-2H3/t12-,13-/m0/s1. The molecule has 1 aromatic rings. The number of aromatic nitrogens is 2. The summed E-state index contributed by atoms with van der Waals surface area (Å²) in [6, 6.07) is 1.48. The van der Waals surface area contributed by atoms with Crippen molar-refractivity contribution in [1.82, 2.24) is 19.4 Å². The van der Waals surface area contributed by atoms with Crippen LogP contribution in [-0.4, -0.2) is 61.5 Å². The summed E-state index contributed by atoms with van der Waals surface area (Å²) >= 11 is 0. The summed E-state index contributed by atoms with van der Waals surface area (Å²) in [5.74, 6) is 0. The van der Waals surface area contributed by atoms with Crippen LogP contribution in [0.4, 0.5) is 0 Å². The molecule has 2 aliphatic rings. The highest BCUT2D eigenvalue weighted by Gasteiger charge is 2.37. The molecule has 2 saturated heterocycles. The molecule has 22 heavy (non-hydrogen) atoms. The van der Waals surface area contributed by atoms with Gasteiger partial charge in [0.1, 0.15) is 0 Å². The van der Waals surface area contributed by atoms with Gasteiger partial charge in [-0.15, -0.1) is 0 Å². The van der Waals surface area contributed by atoms with Crippen molar-refractivity contribution in [3.63, 3.8) is 0 Å². The first-order valence-corrected chi connectivity index (χ1v) is 9.35. The zero-order valence-electron chi connectivity index (χ0n) is 13.1. The van der Waals surface area contributed by atoms with E-state index in [4.69, 9.17) is 4.74 Å². The number of nitrogens with zero attached hydrogens (tertiary/aromatic N) is 3. The molecule has 0 aliphatic carbocycles. The number of rotatable bonds is 5. The van der Waals surface area contributed by atoms with E-state index in [9.17, 15) is 8.42 Å². The first kappa shape index (κ1) is 15.9. The van der Waals surface area contributed by atoms with Gasteiger partial charge >= 0.3 is 0 Å². The highest BCUT2D eigenvalue weighted by atomic mass is 32.2. The van der Waals surface area contributed by atoms with E-state index >= 15 is 0 Å². The fourth-order valence-corrected chi connectivity index (χ4v) is 4.74. The maximum Gasteiger partial charge on any atom is 0.258 e. The lowest BCUT2D eigenvalue weighted by atomic mass is 10.1. The molecule has 3 rings (SSSR count). The van der Waals surface area contributed by atoms with Crippen LogP contribution in [0.15, 0.2) is 17.3 Å². The highest BCUT2D eigenvalue weighted by molar-refractivity contribution is 7.89. The summed E-state index contributed by atoms with van der Waals surface area (Å²) in [6.45, 7) is 6.90. The van der Waals surface area contributed by atoms with Gasteiger partial charge in [-0.3, -0.25) is 9.58 Å². The van der Waals surface area contributed by atoms with Crippen molar-refractivity contribution in [2.24, 2.45) is 0 Å². The molecule has 7 nitrogen and oxygen atoms in total. The molecule has 0 spiro atoms. The third-order valence-electron chi connectivity index (χ3n) is 4.37. The van der Waals surface area contributed by atoms with Gasteiger partial charge in [0.15, 0.2) is 5.03 Å². The molecule has 2 aliphatic heterocycles. The summed E-state index contributed by atoms with van der Waals surface area (Å²) in [5, 5.41) is 4.33. The lowest BCUT2D eigenvalue weighted by Crippen LogP contribution is -2.50. The number of ether oxygens (including phenoxy) is 1. The minimum absolute atomic E-state index is 0.00391. The molecule has 0 unspecified atom stereocenters. The van der Waals surface area contributed by atoms with Gasteiger partial charge < -0.3 is 4.74 Å². The van der Waals surface area contributed by atoms with Crippen LogP contribution in [-0.2, 0) is 14.8 Å². The van der Waals surface area contributed by atoms with Crippen LogP contribution >= 0.6 is 0 Å². The molecule has 0 bridgehead atoms. The van der Waals surface area contributed by atoms with Crippen molar-refractivity contribution in [1.29, 1.82) is 0 Å². The Labute approximate surface area is 131 Å². The highest BCUT2D eigenvalue weighted by Crippen LogP contribution is 2.21. The van der Waals surface area contributed by atoms with Crippen LogP contribution in [0.2, 0.25) is 0 Å². The molecule has 0 radical (unpaired) electrons. The lowest BCUT2D eigenvalue weighted by molar-refractivity contribution is 0.159. The van der Waals surface area contributed by atoms with Crippen LogP contribution in [0.1, 0.15) is 32.7 Å². The van der Waals surface area contributed by atoms with Gasteiger partial charge in [-0.1, -0.05) is 0 Å². The Morgan fingerprint density at radius 3 is 2.73 bits per heavy atom. The minimum Gasteiger partial charge on any atom is -0.378 e. The molecule has 124 valence electrons. The molecule has 2 fully saturated rings. The van der Waals surface area contributed by atoms with Crippen molar-refractivity contribution in [2.75, 3.05) is 26.3 Å². The molecule has 8 heteroatoms. The Morgan fingerprint density at radius 1 is 1.32 bits per heavy atom. The van der Waals surface area contributed by atoms with E-state index in [2.05, 4.69) is 14.7 Å². The van der Waals surface area contributed by atoms with Gasteiger partial charge in [0, 0.05) is 6.04 Å². The van der Waals surface area contributed by atoms with Crippen molar-refractivity contribution in [3.8, 4) is 0 Å². The Kier molecular flexibility index (Phi) is 4.54. The molecular formula is C14H24N4O3S. The molecular weight excluding hydrogens is 304 g/mol. The Bertz CT molecular complexity index is 607. The summed E-state index contributed by atoms with van der Waals surface area (Å²) in [7, 11) is -3.59. The monoisotopic (exact) mass is 328 g/mol. The van der Waals surface area contributed by atoms with Gasteiger partial charge in [0.05, 0.1) is 31.5 Å². The van der Waals surface area contributed by atoms with Crippen LogP contribution in [0.25, 0.3) is 0 Å². The number of hydrogen-bond acceptors (Lipinski definition) is 5. The first-order chi connectivity index (χ1) is 10.5. The number of sulfonamides is 1. The molecule has 0 saturated carbocycles. The van der Waals surface area contributed by atoms with E-state index in [1.165, 1.54) is 23.7 Å². The molecule has 1 aromatic heterocycles. The minimum atomic E-state index is -3.59. The zero-order chi connectivity index (χ0) is 15.7. The normalized spacial score (nSPS) is 27.0. The predicted octanol–water partition coefficient (Wildman–Crippen LogP) is 0.606. The van der Waals surface area contributed by atoms with Crippen molar-refractivity contribution >= 4 is 10.0 Å². The fraction of sp³-hybridized carbons (Fsp3) is 0.786. The van der Waals surface area contributed by atoms with Gasteiger partial charge in [0.2, 0.25) is 0 Å². The zero-order valence-corrected chi connectivity index (χ0v) is 13.9. The predicted molar refractivity (Wildman–Crippen MR) is 82.1 cm³/mol. The van der Waals surface area contributed by atoms with Crippen molar-refractivity contribution in [3.05, 3.63) is 12.3 Å². The molecule has 0 aromatic carbocycles. The second-order valence-electron chi connectivity index (χ2n) is 6.28. The quantitative estimate of drug-likeness (QED) is 0.857. The maximum absolute atomic E-state index is 12.7. The smallest absolute Gasteiger partial charge is 0.258 e. The summed E-state index contributed by atoms with van der Waals surface area (Å²) in [5.41, 5.74) is 0. The Morgan fingerprint density at radius 2 is 2.05 bits per heavy atom. The van der Waals surface area contributed by atoms with Gasteiger partial charge in [0.25, 0.3) is 10.0 Å². The van der Waals surface area contributed by atoms with E-state index in [1.807, 2.05) is 13.8 Å². The molecule has 3 heterocycles. The SMILES string of the molecule is CC(C)n1nccc1S(=O)(=O)N[C@H]1COC[C@@H]1N1CCCC1. The van der Waals surface area contributed by atoms with Crippen LogP contribution in [0.5, 0.6) is 0 Å². The van der Waals surface area contributed by atoms with E-state index in [0.29, 0.717) is 13.2 Å². The third kappa shape index (κ3) is 3.05. The van der Waals surface area contributed by atoms with E-state index < -0.39 is 10.0 Å². The average molecular weight is 328 g/mol. The topological polar surface area (TPSA) is 76.5 Å².